The van der Waals surface area contributed by atoms with Crippen LogP contribution in [0.5, 0.6) is 5.75 Å². The number of ether oxygens (including phenoxy) is 1. The molecule has 126 valence electrons. The number of hydrogen-bond donors (Lipinski definition) is 0. The lowest BCUT2D eigenvalue weighted by Gasteiger charge is -2.32. The molecule has 1 aliphatic heterocycles. The maximum atomic E-state index is 13.7. The number of hydrogen-bond acceptors (Lipinski definition) is 3. The molecule has 0 aromatic heterocycles. The summed E-state index contributed by atoms with van der Waals surface area (Å²) in [6.45, 7) is 8.33. The normalized spacial score (nSPS) is 18.6. The fourth-order valence-corrected chi connectivity index (χ4v) is 2.58. The van der Waals surface area contributed by atoms with Crippen LogP contribution < -0.4 is 10.2 Å². The van der Waals surface area contributed by atoms with Crippen LogP contribution in [0.25, 0.3) is 0 Å². The van der Waals surface area contributed by atoms with Crippen LogP contribution in [0.1, 0.15) is 33.3 Å². The summed E-state index contributed by atoms with van der Waals surface area (Å²) in [6, 6.07) is 14.2. The maximum absolute atomic E-state index is 13.7. The number of halogens is 1. The van der Waals surface area contributed by atoms with Gasteiger partial charge in [0.15, 0.2) is 11.6 Å². The first-order valence-corrected chi connectivity index (χ1v) is 8.11. The average Bonchev–Trinajstić information content (AvgIpc) is 2.75. The summed E-state index contributed by atoms with van der Waals surface area (Å²) in [6.07, 6.45) is 0. The minimum Gasteiger partial charge on any atom is -0.486 e. The van der Waals surface area contributed by atoms with Crippen molar-refractivity contribution < 1.29 is 18.4 Å². The second-order valence-electron chi connectivity index (χ2n) is 7.01. The molecule has 0 saturated carbocycles. The van der Waals surface area contributed by atoms with Crippen LogP contribution >= 0.6 is 0 Å². The molecule has 1 saturated heterocycles. The fourth-order valence-electron chi connectivity index (χ4n) is 2.58. The van der Waals surface area contributed by atoms with E-state index >= 15 is 0 Å². The Morgan fingerprint density at radius 2 is 1.50 bits per heavy atom. The van der Waals surface area contributed by atoms with Gasteiger partial charge in [-0.05, 0) is 50.9 Å². The van der Waals surface area contributed by atoms with E-state index in [1.54, 1.807) is 18.2 Å². The highest BCUT2D eigenvalue weighted by atomic mass is 19.1. The predicted octanol–water partition coefficient (Wildman–Crippen LogP) is 3.70. The van der Waals surface area contributed by atoms with Crippen LogP contribution in [0.15, 0.2) is 48.5 Å². The second-order valence-corrected chi connectivity index (χ2v) is 7.01. The molecule has 3 rings (SSSR count). The van der Waals surface area contributed by atoms with E-state index < -0.39 is 18.3 Å². The van der Waals surface area contributed by atoms with Crippen molar-refractivity contribution in [1.82, 2.24) is 0 Å². The third-order valence-corrected chi connectivity index (χ3v) is 4.78. The Morgan fingerprint density at radius 1 is 0.917 bits per heavy atom. The zero-order chi connectivity index (χ0) is 17.4. The van der Waals surface area contributed by atoms with Gasteiger partial charge in [-0.3, -0.25) is 0 Å². The largest absolute Gasteiger partial charge is 0.495 e. The Bertz CT molecular complexity index is 714. The van der Waals surface area contributed by atoms with Gasteiger partial charge in [0, 0.05) is 0 Å². The van der Waals surface area contributed by atoms with Crippen molar-refractivity contribution in [3.63, 3.8) is 0 Å². The molecule has 3 nitrogen and oxygen atoms in total. The molecular formula is C19H22BFO3. The van der Waals surface area contributed by atoms with Gasteiger partial charge in [0.25, 0.3) is 0 Å². The molecule has 0 amide bonds. The summed E-state index contributed by atoms with van der Waals surface area (Å²) in [5.74, 6) is -0.133. The van der Waals surface area contributed by atoms with Crippen LogP contribution in [0, 0.1) is 5.82 Å². The molecule has 0 unspecified atom stereocenters. The zero-order valence-electron chi connectivity index (χ0n) is 14.5. The summed E-state index contributed by atoms with van der Waals surface area (Å²) in [4.78, 5) is 0. The topological polar surface area (TPSA) is 27.7 Å². The van der Waals surface area contributed by atoms with Gasteiger partial charge in [-0.15, -0.1) is 0 Å². The summed E-state index contributed by atoms with van der Waals surface area (Å²) in [5, 5.41) is 0. The van der Waals surface area contributed by atoms with Crippen molar-refractivity contribution in [3.8, 4) is 5.75 Å². The predicted molar refractivity (Wildman–Crippen MR) is 92.9 cm³/mol. The Balaban J connectivity index is 1.81. The van der Waals surface area contributed by atoms with Crippen LogP contribution in [-0.4, -0.2) is 18.3 Å². The van der Waals surface area contributed by atoms with Gasteiger partial charge in [0.05, 0.1) is 11.2 Å². The molecule has 0 N–H and O–H groups in total. The SMILES string of the molecule is CC1(C)OB(c2ccccc2COc2ccccc2F)OC1(C)C. The lowest BCUT2D eigenvalue weighted by atomic mass is 9.76. The average molecular weight is 328 g/mol. The number of rotatable bonds is 4. The second kappa shape index (κ2) is 6.23. The van der Waals surface area contributed by atoms with Gasteiger partial charge in [0.1, 0.15) is 6.61 Å². The molecular weight excluding hydrogens is 306 g/mol. The van der Waals surface area contributed by atoms with E-state index in [4.69, 9.17) is 14.0 Å². The lowest BCUT2D eigenvalue weighted by molar-refractivity contribution is 0.00578. The lowest BCUT2D eigenvalue weighted by Crippen LogP contribution is -2.41. The minimum atomic E-state index is -0.463. The minimum absolute atomic E-state index is 0.237. The van der Waals surface area contributed by atoms with Crippen molar-refractivity contribution in [3.05, 3.63) is 59.9 Å². The van der Waals surface area contributed by atoms with E-state index in [1.165, 1.54) is 6.07 Å². The molecule has 2 aromatic rings. The Kier molecular flexibility index (Phi) is 4.41. The van der Waals surface area contributed by atoms with Crippen molar-refractivity contribution >= 4 is 12.6 Å². The van der Waals surface area contributed by atoms with Crippen LogP contribution in [0.3, 0.4) is 0 Å². The van der Waals surface area contributed by atoms with E-state index in [0.717, 1.165) is 11.0 Å². The molecule has 24 heavy (non-hydrogen) atoms. The van der Waals surface area contributed by atoms with E-state index in [-0.39, 0.29) is 18.2 Å². The van der Waals surface area contributed by atoms with E-state index in [9.17, 15) is 4.39 Å². The quantitative estimate of drug-likeness (QED) is 0.801. The number of para-hydroxylation sites is 1. The molecule has 0 atom stereocenters. The summed E-state index contributed by atoms with van der Waals surface area (Å²) < 4.78 is 31.6. The third-order valence-electron chi connectivity index (χ3n) is 4.78. The standard InChI is InChI=1S/C19H22BFO3/c1-18(2)19(3,4)24-20(23-18)15-10-6-5-9-14(15)13-22-17-12-8-7-11-16(17)21/h5-12H,13H2,1-4H3. The highest BCUT2D eigenvalue weighted by Gasteiger charge is 2.52. The molecule has 0 radical (unpaired) electrons. The van der Waals surface area contributed by atoms with Crippen molar-refractivity contribution in [1.29, 1.82) is 0 Å². The first-order valence-electron chi connectivity index (χ1n) is 8.11. The van der Waals surface area contributed by atoms with E-state index in [0.29, 0.717) is 0 Å². The molecule has 1 fully saturated rings. The summed E-state index contributed by atoms with van der Waals surface area (Å²) in [7, 11) is -0.463. The monoisotopic (exact) mass is 328 g/mol. The van der Waals surface area contributed by atoms with Gasteiger partial charge in [-0.2, -0.15) is 0 Å². The molecule has 0 aliphatic carbocycles. The van der Waals surface area contributed by atoms with E-state index in [1.807, 2.05) is 52.0 Å². The molecule has 1 heterocycles. The zero-order valence-corrected chi connectivity index (χ0v) is 14.5. The van der Waals surface area contributed by atoms with Crippen molar-refractivity contribution in [2.24, 2.45) is 0 Å². The Hall–Kier alpha value is -1.85. The summed E-state index contributed by atoms with van der Waals surface area (Å²) in [5.41, 5.74) is 1.01. The van der Waals surface area contributed by atoms with Gasteiger partial charge < -0.3 is 14.0 Å². The van der Waals surface area contributed by atoms with Gasteiger partial charge in [-0.25, -0.2) is 4.39 Å². The van der Waals surface area contributed by atoms with Crippen LogP contribution in [0.2, 0.25) is 0 Å². The highest BCUT2D eigenvalue weighted by molar-refractivity contribution is 6.62. The number of benzene rings is 2. The Morgan fingerprint density at radius 3 is 2.17 bits per heavy atom. The highest BCUT2D eigenvalue weighted by Crippen LogP contribution is 2.36. The van der Waals surface area contributed by atoms with Gasteiger partial charge in [0.2, 0.25) is 0 Å². The van der Waals surface area contributed by atoms with Gasteiger partial charge in [-0.1, -0.05) is 36.4 Å². The fraction of sp³-hybridized carbons (Fsp3) is 0.368. The third kappa shape index (κ3) is 3.19. The smallest absolute Gasteiger partial charge is 0.486 e. The first kappa shape index (κ1) is 17.0. The molecule has 0 bridgehead atoms. The maximum Gasteiger partial charge on any atom is 0.495 e. The summed E-state index contributed by atoms with van der Waals surface area (Å²) >= 11 is 0. The molecule has 0 spiro atoms. The molecule has 5 heteroatoms. The molecule has 1 aliphatic rings. The molecule has 2 aromatic carbocycles. The van der Waals surface area contributed by atoms with Crippen molar-refractivity contribution in [2.45, 2.75) is 45.5 Å². The van der Waals surface area contributed by atoms with Gasteiger partial charge >= 0.3 is 7.12 Å². The van der Waals surface area contributed by atoms with Crippen molar-refractivity contribution in [2.75, 3.05) is 0 Å². The van der Waals surface area contributed by atoms with Crippen LogP contribution in [0.4, 0.5) is 4.39 Å². The first-order chi connectivity index (χ1) is 11.3. The van der Waals surface area contributed by atoms with Crippen LogP contribution in [-0.2, 0) is 15.9 Å². The Labute approximate surface area is 142 Å². The van der Waals surface area contributed by atoms with E-state index in [2.05, 4.69) is 0 Å².